The van der Waals surface area contributed by atoms with E-state index in [1.807, 2.05) is 4.90 Å². The third kappa shape index (κ3) is 3.29. The molecule has 0 radical (unpaired) electrons. The predicted molar refractivity (Wildman–Crippen MR) is 109 cm³/mol. The van der Waals surface area contributed by atoms with E-state index < -0.39 is 15.7 Å². The van der Waals surface area contributed by atoms with Gasteiger partial charge in [-0.15, -0.1) is 0 Å². The number of sulfone groups is 1. The van der Waals surface area contributed by atoms with Crippen LogP contribution >= 0.6 is 11.6 Å². The van der Waals surface area contributed by atoms with E-state index in [2.05, 4.69) is 0 Å². The molecule has 5 rings (SSSR count). The Morgan fingerprint density at radius 3 is 2.80 bits per heavy atom. The third-order valence-corrected chi connectivity index (χ3v) is 7.72. The van der Waals surface area contributed by atoms with Crippen molar-refractivity contribution in [2.75, 3.05) is 18.2 Å². The first-order valence-corrected chi connectivity index (χ1v) is 11.6. The van der Waals surface area contributed by atoms with Crippen molar-refractivity contribution in [2.24, 2.45) is 0 Å². The van der Waals surface area contributed by atoms with Crippen LogP contribution in [0.1, 0.15) is 27.9 Å². The lowest BCUT2D eigenvalue weighted by Crippen LogP contribution is -2.41. The highest BCUT2D eigenvalue weighted by molar-refractivity contribution is 7.91. The zero-order valence-corrected chi connectivity index (χ0v) is 17.3. The van der Waals surface area contributed by atoms with E-state index in [4.69, 9.17) is 21.1 Å². The van der Waals surface area contributed by atoms with Gasteiger partial charge in [-0.25, -0.2) is 12.8 Å². The zero-order chi connectivity index (χ0) is 21.0. The SMILES string of the molecule is O=C1C(=Cc2c(F)cccc2Cl)Oc2c1ccc1c2CN(C2CCS(=O)(=O)C2)CO1. The quantitative estimate of drug-likeness (QED) is 0.654. The van der Waals surface area contributed by atoms with Crippen LogP contribution in [0.3, 0.4) is 0 Å². The molecule has 0 aliphatic carbocycles. The first-order valence-electron chi connectivity index (χ1n) is 9.44. The number of carbonyl (C=O) groups excluding carboxylic acids is 1. The molecule has 3 aliphatic heterocycles. The van der Waals surface area contributed by atoms with Gasteiger partial charge in [0.1, 0.15) is 24.0 Å². The van der Waals surface area contributed by atoms with Gasteiger partial charge in [0.15, 0.2) is 15.6 Å². The molecule has 1 atom stereocenters. The molecule has 0 N–H and O–H groups in total. The molecule has 30 heavy (non-hydrogen) atoms. The summed E-state index contributed by atoms with van der Waals surface area (Å²) >= 11 is 6.07. The first-order chi connectivity index (χ1) is 14.3. The number of ether oxygens (including phenoxy) is 2. The van der Waals surface area contributed by atoms with E-state index >= 15 is 0 Å². The van der Waals surface area contributed by atoms with Gasteiger partial charge in [-0.1, -0.05) is 17.7 Å². The van der Waals surface area contributed by atoms with Crippen molar-refractivity contribution in [3.63, 3.8) is 0 Å². The fourth-order valence-electron chi connectivity index (χ4n) is 4.05. The highest BCUT2D eigenvalue weighted by Gasteiger charge is 2.38. The van der Waals surface area contributed by atoms with Crippen molar-refractivity contribution in [2.45, 2.75) is 19.0 Å². The molecule has 9 heteroatoms. The smallest absolute Gasteiger partial charge is 0.231 e. The van der Waals surface area contributed by atoms with Crippen LogP contribution < -0.4 is 9.47 Å². The van der Waals surface area contributed by atoms with Gasteiger partial charge in [-0.3, -0.25) is 9.69 Å². The number of fused-ring (bicyclic) bond motifs is 3. The average Bonchev–Trinajstić information content (AvgIpc) is 3.24. The Morgan fingerprint density at radius 1 is 1.23 bits per heavy atom. The molecule has 0 amide bonds. The summed E-state index contributed by atoms with van der Waals surface area (Å²) in [7, 11) is -3.03. The Morgan fingerprint density at radius 2 is 2.07 bits per heavy atom. The van der Waals surface area contributed by atoms with Crippen LogP contribution in [-0.2, 0) is 16.4 Å². The van der Waals surface area contributed by atoms with Crippen LogP contribution in [0.4, 0.5) is 4.39 Å². The van der Waals surface area contributed by atoms with Crippen LogP contribution in [0.25, 0.3) is 6.08 Å². The second kappa shape index (κ2) is 7.08. The van der Waals surface area contributed by atoms with Gasteiger partial charge in [0.25, 0.3) is 0 Å². The molecule has 156 valence electrons. The summed E-state index contributed by atoms with van der Waals surface area (Å²) in [6.07, 6.45) is 1.85. The summed E-state index contributed by atoms with van der Waals surface area (Å²) in [4.78, 5) is 14.8. The van der Waals surface area contributed by atoms with E-state index in [9.17, 15) is 17.6 Å². The molecule has 1 unspecified atom stereocenters. The first kappa shape index (κ1) is 19.5. The molecule has 2 aromatic carbocycles. The Balaban J connectivity index is 1.48. The van der Waals surface area contributed by atoms with E-state index in [1.165, 1.54) is 24.3 Å². The lowest BCUT2D eigenvalue weighted by Gasteiger charge is -2.33. The topological polar surface area (TPSA) is 72.9 Å². The number of allylic oxidation sites excluding steroid dienone is 1. The number of hydrogen-bond donors (Lipinski definition) is 0. The van der Waals surface area contributed by atoms with Crippen LogP contribution in [-0.4, -0.2) is 43.4 Å². The predicted octanol–water partition coefficient (Wildman–Crippen LogP) is 3.43. The summed E-state index contributed by atoms with van der Waals surface area (Å²) in [5.74, 6) is 0.266. The molecule has 0 aromatic heterocycles. The Bertz CT molecular complexity index is 1190. The molecule has 0 spiro atoms. The number of nitrogens with zero attached hydrogens (tertiary/aromatic N) is 1. The minimum absolute atomic E-state index is 0.0223. The average molecular weight is 450 g/mol. The van der Waals surface area contributed by atoms with Gasteiger partial charge in [0, 0.05) is 18.2 Å². The van der Waals surface area contributed by atoms with E-state index in [-0.39, 0.29) is 46.4 Å². The largest absolute Gasteiger partial charge is 0.478 e. The van der Waals surface area contributed by atoms with E-state index in [0.717, 1.165) is 0 Å². The van der Waals surface area contributed by atoms with E-state index in [1.54, 1.807) is 12.1 Å². The minimum atomic E-state index is -3.03. The fourth-order valence-corrected chi connectivity index (χ4v) is 6.03. The van der Waals surface area contributed by atoms with Crippen molar-refractivity contribution < 1.29 is 27.1 Å². The summed E-state index contributed by atoms with van der Waals surface area (Å²) in [5, 5.41) is 0.175. The summed E-state index contributed by atoms with van der Waals surface area (Å²) in [5.41, 5.74) is 1.12. The van der Waals surface area contributed by atoms with Crippen LogP contribution in [0.5, 0.6) is 11.5 Å². The fraction of sp³-hybridized carbons (Fsp3) is 0.286. The number of halogens is 2. The van der Waals surface area contributed by atoms with Crippen molar-refractivity contribution in [3.05, 3.63) is 63.6 Å². The molecule has 1 fully saturated rings. The summed E-state index contributed by atoms with van der Waals surface area (Å²) in [6, 6.07) is 7.47. The molecular weight excluding hydrogens is 433 g/mol. The molecule has 6 nitrogen and oxygen atoms in total. The second-order valence-electron chi connectivity index (χ2n) is 7.57. The minimum Gasteiger partial charge on any atom is -0.478 e. The van der Waals surface area contributed by atoms with Gasteiger partial charge in [-0.05, 0) is 36.8 Å². The van der Waals surface area contributed by atoms with E-state index in [0.29, 0.717) is 35.6 Å². The monoisotopic (exact) mass is 449 g/mol. The van der Waals surface area contributed by atoms with Crippen molar-refractivity contribution in [3.8, 4) is 11.5 Å². The summed E-state index contributed by atoms with van der Waals surface area (Å²) < 4.78 is 49.5. The van der Waals surface area contributed by atoms with Crippen molar-refractivity contribution >= 4 is 33.3 Å². The van der Waals surface area contributed by atoms with Gasteiger partial charge in [0.2, 0.25) is 5.78 Å². The highest BCUT2D eigenvalue weighted by atomic mass is 35.5. The van der Waals surface area contributed by atoms with Gasteiger partial charge in [0.05, 0.1) is 27.7 Å². The second-order valence-corrected chi connectivity index (χ2v) is 10.2. The van der Waals surface area contributed by atoms with Gasteiger partial charge >= 0.3 is 0 Å². The van der Waals surface area contributed by atoms with Crippen LogP contribution in [0, 0.1) is 5.82 Å². The lowest BCUT2D eigenvalue weighted by molar-refractivity contribution is 0.0634. The number of hydrogen-bond acceptors (Lipinski definition) is 6. The number of rotatable bonds is 2. The summed E-state index contributed by atoms with van der Waals surface area (Å²) in [6.45, 7) is 0.674. The van der Waals surface area contributed by atoms with Gasteiger partial charge in [-0.2, -0.15) is 0 Å². The molecule has 0 saturated carbocycles. The van der Waals surface area contributed by atoms with Crippen molar-refractivity contribution in [1.82, 2.24) is 4.90 Å². The maximum absolute atomic E-state index is 14.1. The molecule has 0 bridgehead atoms. The molecule has 3 heterocycles. The molecule has 1 saturated heterocycles. The maximum atomic E-state index is 14.1. The Hall–Kier alpha value is -2.42. The maximum Gasteiger partial charge on any atom is 0.231 e. The molecular formula is C21H17ClFNO5S. The van der Waals surface area contributed by atoms with Crippen LogP contribution in [0.15, 0.2) is 36.1 Å². The molecule has 3 aliphatic rings. The Kier molecular flexibility index (Phi) is 4.61. The molecule has 2 aromatic rings. The number of carbonyl (C=O) groups is 1. The van der Waals surface area contributed by atoms with Gasteiger partial charge < -0.3 is 9.47 Å². The lowest BCUT2D eigenvalue weighted by atomic mass is 10.0. The highest BCUT2D eigenvalue weighted by Crippen LogP contribution is 2.43. The standard InChI is InChI=1S/C21H17ClFNO5S/c22-16-2-1-3-17(23)14(16)8-19-20(25)13-4-5-18-15(21(13)29-19)9-24(11-28-18)12-6-7-30(26,27)10-12/h1-5,8,12H,6-7,9-11H2. The third-order valence-electron chi connectivity index (χ3n) is 5.64. The van der Waals surface area contributed by atoms with Crippen LogP contribution in [0.2, 0.25) is 5.02 Å². The normalized spacial score (nSPS) is 23.7. The number of ketones is 1. The zero-order valence-electron chi connectivity index (χ0n) is 15.7. The number of benzene rings is 2. The van der Waals surface area contributed by atoms with Crippen molar-refractivity contribution in [1.29, 1.82) is 0 Å². The Labute approximate surface area is 177 Å². The number of Topliss-reactive ketones (excluding diaryl/α,β-unsaturated/α-hetero) is 1.